The van der Waals surface area contributed by atoms with Crippen molar-refractivity contribution in [3.05, 3.63) is 53.3 Å². The lowest BCUT2D eigenvalue weighted by Gasteiger charge is -2.12. The molecule has 0 aliphatic heterocycles. The number of nitrogens with one attached hydrogen (secondary N) is 1. The van der Waals surface area contributed by atoms with Crippen molar-refractivity contribution in [2.45, 2.75) is 6.92 Å². The zero-order valence-electron chi connectivity index (χ0n) is 10.7. The van der Waals surface area contributed by atoms with Gasteiger partial charge in [-0.1, -0.05) is 0 Å². The number of hydrogen-bond acceptors (Lipinski definition) is 3. The molecule has 96 valence electrons. The van der Waals surface area contributed by atoms with E-state index in [0.717, 1.165) is 17.0 Å². The van der Waals surface area contributed by atoms with E-state index in [1.165, 1.54) is 12.1 Å². The van der Waals surface area contributed by atoms with Gasteiger partial charge in [0.1, 0.15) is 17.6 Å². The Morgan fingerprint density at radius 2 is 1.89 bits per heavy atom. The van der Waals surface area contributed by atoms with Gasteiger partial charge in [-0.25, -0.2) is 4.39 Å². The fourth-order valence-corrected chi connectivity index (χ4v) is 1.77. The molecule has 0 saturated heterocycles. The maximum absolute atomic E-state index is 13.1. The molecule has 0 aliphatic carbocycles. The van der Waals surface area contributed by atoms with Crippen molar-refractivity contribution in [2.75, 3.05) is 12.4 Å². The van der Waals surface area contributed by atoms with Gasteiger partial charge in [0.2, 0.25) is 0 Å². The third-order valence-corrected chi connectivity index (χ3v) is 2.80. The first-order valence-electron chi connectivity index (χ1n) is 5.75. The van der Waals surface area contributed by atoms with E-state index in [1.807, 2.05) is 31.2 Å². The number of methoxy groups -OCH3 is 1. The monoisotopic (exact) mass is 256 g/mol. The molecule has 0 aliphatic rings. The van der Waals surface area contributed by atoms with Crippen LogP contribution in [-0.4, -0.2) is 7.11 Å². The second-order valence-electron chi connectivity index (χ2n) is 4.11. The van der Waals surface area contributed by atoms with Gasteiger partial charge in [0.25, 0.3) is 0 Å². The van der Waals surface area contributed by atoms with Crippen molar-refractivity contribution < 1.29 is 9.13 Å². The fourth-order valence-electron chi connectivity index (χ4n) is 1.77. The minimum Gasteiger partial charge on any atom is -0.497 e. The van der Waals surface area contributed by atoms with Crippen molar-refractivity contribution >= 4 is 11.4 Å². The Bertz CT molecular complexity index is 647. The van der Waals surface area contributed by atoms with Gasteiger partial charge in [-0.2, -0.15) is 5.26 Å². The molecule has 0 saturated carbocycles. The maximum atomic E-state index is 13.1. The molecule has 0 heterocycles. The van der Waals surface area contributed by atoms with Gasteiger partial charge >= 0.3 is 0 Å². The van der Waals surface area contributed by atoms with E-state index in [9.17, 15) is 4.39 Å². The lowest BCUT2D eigenvalue weighted by Crippen LogP contribution is -1.97. The quantitative estimate of drug-likeness (QED) is 0.909. The highest BCUT2D eigenvalue weighted by Crippen LogP contribution is 2.26. The summed E-state index contributed by atoms with van der Waals surface area (Å²) in [4.78, 5) is 0. The van der Waals surface area contributed by atoms with Crippen molar-refractivity contribution in [3.63, 3.8) is 0 Å². The zero-order chi connectivity index (χ0) is 13.8. The molecule has 0 unspecified atom stereocenters. The van der Waals surface area contributed by atoms with Crippen LogP contribution in [0.15, 0.2) is 36.4 Å². The van der Waals surface area contributed by atoms with Crippen molar-refractivity contribution in [1.29, 1.82) is 5.26 Å². The number of benzene rings is 2. The van der Waals surface area contributed by atoms with Gasteiger partial charge in [0.15, 0.2) is 0 Å². The molecule has 0 spiro atoms. The zero-order valence-corrected chi connectivity index (χ0v) is 10.7. The molecule has 0 bridgehead atoms. The first kappa shape index (κ1) is 12.9. The van der Waals surface area contributed by atoms with Crippen molar-refractivity contribution in [2.24, 2.45) is 0 Å². The molecular weight excluding hydrogens is 243 g/mol. The van der Waals surface area contributed by atoms with E-state index < -0.39 is 5.82 Å². The molecule has 2 aromatic rings. The Kier molecular flexibility index (Phi) is 3.67. The Morgan fingerprint density at radius 3 is 2.53 bits per heavy atom. The van der Waals surface area contributed by atoms with Crippen LogP contribution >= 0.6 is 0 Å². The third kappa shape index (κ3) is 2.83. The highest BCUT2D eigenvalue weighted by Gasteiger charge is 2.06. The van der Waals surface area contributed by atoms with Crippen LogP contribution in [0.4, 0.5) is 15.8 Å². The highest BCUT2D eigenvalue weighted by atomic mass is 19.1. The third-order valence-electron chi connectivity index (χ3n) is 2.80. The molecule has 19 heavy (non-hydrogen) atoms. The summed E-state index contributed by atoms with van der Waals surface area (Å²) in [5, 5.41) is 12.1. The van der Waals surface area contributed by atoms with E-state index in [2.05, 4.69) is 5.32 Å². The van der Waals surface area contributed by atoms with Crippen LogP contribution in [0.5, 0.6) is 5.75 Å². The van der Waals surface area contributed by atoms with Crippen LogP contribution in [0.2, 0.25) is 0 Å². The molecular formula is C15H13FN2O. The number of ether oxygens (including phenoxy) is 1. The van der Waals surface area contributed by atoms with Crippen LogP contribution in [-0.2, 0) is 0 Å². The summed E-state index contributed by atoms with van der Waals surface area (Å²) in [7, 11) is 1.61. The SMILES string of the molecule is COc1ccc(Nc2ccc(F)cc2C#N)c(C)c1. The van der Waals surface area contributed by atoms with Crippen LogP contribution in [0, 0.1) is 24.1 Å². The first-order valence-corrected chi connectivity index (χ1v) is 5.75. The number of rotatable bonds is 3. The Labute approximate surface area is 111 Å². The smallest absolute Gasteiger partial charge is 0.124 e. The predicted octanol–water partition coefficient (Wildman–Crippen LogP) is 3.76. The van der Waals surface area contributed by atoms with E-state index in [0.29, 0.717) is 5.69 Å². The highest BCUT2D eigenvalue weighted by molar-refractivity contribution is 5.69. The lowest BCUT2D eigenvalue weighted by atomic mass is 10.1. The van der Waals surface area contributed by atoms with Crippen LogP contribution in [0.3, 0.4) is 0 Å². The number of hydrogen-bond donors (Lipinski definition) is 1. The van der Waals surface area contributed by atoms with Gasteiger partial charge in [-0.3, -0.25) is 0 Å². The van der Waals surface area contributed by atoms with Gasteiger partial charge < -0.3 is 10.1 Å². The molecule has 3 nitrogen and oxygen atoms in total. The predicted molar refractivity (Wildman–Crippen MR) is 72.1 cm³/mol. The summed E-state index contributed by atoms with van der Waals surface area (Å²) in [6.45, 7) is 1.93. The second-order valence-corrected chi connectivity index (χ2v) is 4.11. The lowest BCUT2D eigenvalue weighted by molar-refractivity contribution is 0.414. The largest absolute Gasteiger partial charge is 0.497 e. The fraction of sp³-hybridized carbons (Fsp3) is 0.133. The Balaban J connectivity index is 2.34. The number of nitrogens with zero attached hydrogens (tertiary/aromatic N) is 1. The summed E-state index contributed by atoms with van der Waals surface area (Å²) < 4.78 is 18.2. The summed E-state index contributed by atoms with van der Waals surface area (Å²) in [5.41, 5.74) is 2.68. The van der Waals surface area contributed by atoms with E-state index in [4.69, 9.17) is 10.00 Å². The number of nitriles is 1. The van der Waals surface area contributed by atoms with E-state index in [1.54, 1.807) is 13.2 Å². The second kappa shape index (κ2) is 5.40. The van der Waals surface area contributed by atoms with Crippen LogP contribution < -0.4 is 10.1 Å². The standard InChI is InChI=1S/C15H13FN2O/c1-10-7-13(19-2)4-6-14(10)18-15-5-3-12(16)8-11(15)9-17/h3-8,18H,1-2H3. The minimum absolute atomic E-state index is 0.273. The number of aryl methyl sites for hydroxylation is 1. The summed E-state index contributed by atoms with van der Waals surface area (Å²) in [6.07, 6.45) is 0. The molecule has 0 fully saturated rings. The van der Waals surface area contributed by atoms with Gasteiger partial charge in [-0.15, -0.1) is 0 Å². The summed E-state index contributed by atoms with van der Waals surface area (Å²) in [5.74, 6) is 0.344. The molecule has 0 aromatic heterocycles. The maximum Gasteiger partial charge on any atom is 0.124 e. The first-order chi connectivity index (χ1) is 9.13. The molecule has 2 rings (SSSR count). The van der Waals surface area contributed by atoms with Crippen molar-refractivity contribution in [1.82, 2.24) is 0 Å². The van der Waals surface area contributed by atoms with Crippen LogP contribution in [0.25, 0.3) is 0 Å². The Hall–Kier alpha value is -2.54. The average Bonchev–Trinajstić information content (AvgIpc) is 2.42. The summed E-state index contributed by atoms with van der Waals surface area (Å²) >= 11 is 0. The molecule has 0 amide bonds. The van der Waals surface area contributed by atoms with E-state index in [-0.39, 0.29) is 5.56 Å². The summed E-state index contributed by atoms with van der Waals surface area (Å²) in [6, 6.07) is 11.6. The number of anilines is 2. The molecule has 2 aromatic carbocycles. The topological polar surface area (TPSA) is 45.0 Å². The van der Waals surface area contributed by atoms with E-state index >= 15 is 0 Å². The molecule has 4 heteroatoms. The molecule has 0 radical (unpaired) electrons. The normalized spacial score (nSPS) is 9.79. The molecule has 0 atom stereocenters. The molecule has 1 N–H and O–H groups in total. The number of halogens is 1. The van der Waals surface area contributed by atoms with Gasteiger partial charge in [0, 0.05) is 5.69 Å². The van der Waals surface area contributed by atoms with Gasteiger partial charge in [-0.05, 0) is 48.9 Å². The van der Waals surface area contributed by atoms with Crippen molar-refractivity contribution in [3.8, 4) is 11.8 Å². The van der Waals surface area contributed by atoms with Gasteiger partial charge in [0.05, 0.1) is 18.4 Å². The van der Waals surface area contributed by atoms with Crippen LogP contribution in [0.1, 0.15) is 11.1 Å². The average molecular weight is 256 g/mol. The minimum atomic E-state index is -0.423. The Morgan fingerprint density at radius 1 is 1.16 bits per heavy atom.